The third kappa shape index (κ3) is 8.92. The first-order chi connectivity index (χ1) is 10.6. The molecule has 0 aromatic heterocycles. The summed E-state index contributed by atoms with van der Waals surface area (Å²) in [5, 5.41) is 2.90. The molecule has 1 rings (SSSR count). The van der Waals surface area contributed by atoms with Crippen LogP contribution in [0.3, 0.4) is 0 Å². The molecule has 1 saturated carbocycles. The first-order valence-electron chi connectivity index (χ1n) is 8.54. The zero-order valence-electron chi connectivity index (χ0n) is 13.6. The van der Waals surface area contributed by atoms with E-state index in [-0.39, 0.29) is 11.9 Å². The largest absolute Gasteiger partial charge is 0.402 e. The maximum Gasteiger partial charge on any atom is 0.249 e. The first-order valence-corrected chi connectivity index (χ1v) is 8.54. The lowest BCUT2D eigenvalue weighted by Gasteiger charge is -2.17. The molecule has 0 aromatic rings. The van der Waals surface area contributed by atoms with Gasteiger partial charge in [0.1, 0.15) is 0 Å². The molecule has 0 aliphatic heterocycles. The summed E-state index contributed by atoms with van der Waals surface area (Å²) in [5.41, 5.74) is 16.4. The summed E-state index contributed by atoms with van der Waals surface area (Å²) in [5.74, 6) is 0.451. The van der Waals surface area contributed by atoms with E-state index in [0.717, 1.165) is 0 Å². The van der Waals surface area contributed by atoms with E-state index in [4.69, 9.17) is 17.2 Å². The van der Waals surface area contributed by atoms with E-state index in [2.05, 4.69) is 10.2 Å². The van der Waals surface area contributed by atoms with Crippen molar-refractivity contribution in [1.82, 2.24) is 5.23 Å². The Hall–Kier alpha value is -1.24. The molecule has 0 spiro atoms. The fourth-order valence-electron chi connectivity index (χ4n) is 2.79. The van der Waals surface area contributed by atoms with Gasteiger partial charge in [-0.05, 0) is 18.7 Å². The van der Waals surface area contributed by atoms with E-state index in [1.165, 1.54) is 51.4 Å². The highest BCUT2D eigenvalue weighted by atomic mass is 16.1. The number of nitrogens with one attached hydrogen (secondary N) is 1. The van der Waals surface area contributed by atoms with Crippen LogP contribution in [0.4, 0.5) is 0 Å². The van der Waals surface area contributed by atoms with Crippen molar-refractivity contribution in [2.24, 2.45) is 22.2 Å². The second kappa shape index (κ2) is 11.3. The predicted octanol–water partition coefficient (Wildman–Crippen LogP) is 1.03. The fraction of sp³-hybridized carbons (Fsp3) is 0.867. The number of carbonyl (C=O) groups excluding carboxylic acids is 1. The van der Waals surface area contributed by atoms with Gasteiger partial charge in [-0.15, -0.1) is 0 Å². The summed E-state index contributed by atoms with van der Waals surface area (Å²) in [4.78, 5) is 15.9. The Bertz CT molecular complexity index is 337. The van der Waals surface area contributed by atoms with Crippen molar-refractivity contribution in [3.8, 4) is 0 Å². The third-order valence-electron chi connectivity index (χ3n) is 4.17. The maximum absolute atomic E-state index is 12.0. The normalized spacial score (nSPS) is 18.4. The molecular formula is C15H31BN5O. The molecule has 6 nitrogen and oxygen atoms in total. The van der Waals surface area contributed by atoms with Crippen molar-refractivity contribution in [3.63, 3.8) is 0 Å². The van der Waals surface area contributed by atoms with Crippen LogP contribution in [0.2, 0.25) is 5.82 Å². The number of hydrogen-bond acceptors (Lipinski definition) is 3. The summed E-state index contributed by atoms with van der Waals surface area (Å²) >= 11 is 0. The van der Waals surface area contributed by atoms with Gasteiger partial charge in [-0.25, -0.2) is 0 Å². The summed E-state index contributed by atoms with van der Waals surface area (Å²) in [7, 11) is 1.96. The smallest absolute Gasteiger partial charge is 0.249 e. The SMILES string of the molecule is NC(N)=NCCC[C@H](N)C(=O)N[B]C1CCCCCCCC1. The maximum atomic E-state index is 12.0. The van der Waals surface area contributed by atoms with Crippen LogP contribution in [0.15, 0.2) is 4.99 Å². The van der Waals surface area contributed by atoms with Gasteiger partial charge in [0.05, 0.1) is 6.04 Å². The molecule has 1 aliphatic rings. The van der Waals surface area contributed by atoms with Crippen molar-refractivity contribution in [1.29, 1.82) is 0 Å². The minimum atomic E-state index is -0.498. The van der Waals surface area contributed by atoms with Crippen molar-refractivity contribution in [3.05, 3.63) is 0 Å². The van der Waals surface area contributed by atoms with Crippen molar-refractivity contribution >= 4 is 19.3 Å². The van der Waals surface area contributed by atoms with Gasteiger partial charge < -0.3 is 22.4 Å². The Morgan fingerprint density at radius 1 is 1.14 bits per heavy atom. The third-order valence-corrected chi connectivity index (χ3v) is 4.17. The zero-order chi connectivity index (χ0) is 16.2. The lowest BCUT2D eigenvalue weighted by atomic mass is 9.70. The van der Waals surface area contributed by atoms with Crippen LogP contribution in [0.1, 0.15) is 64.2 Å². The number of nitrogens with two attached hydrogens (primary N) is 3. The van der Waals surface area contributed by atoms with Gasteiger partial charge in [0, 0.05) is 6.54 Å². The van der Waals surface area contributed by atoms with Gasteiger partial charge in [-0.2, -0.15) is 0 Å². The van der Waals surface area contributed by atoms with E-state index < -0.39 is 6.04 Å². The highest BCUT2D eigenvalue weighted by molar-refractivity contribution is 6.39. The lowest BCUT2D eigenvalue weighted by molar-refractivity contribution is -0.120. The number of amides is 1. The second-order valence-corrected chi connectivity index (χ2v) is 6.19. The standard InChI is InChI=1S/C15H31BN5O/c17-13(10-7-11-20-15(18)19)14(22)21-16-12-8-5-3-1-2-4-6-9-12/h12-13H,1-11,17H2,(H,21,22)(H4,18,19,20)/t13-/m0/s1. The van der Waals surface area contributed by atoms with Crippen LogP contribution < -0.4 is 22.4 Å². The predicted molar refractivity (Wildman–Crippen MR) is 92.5 cm³/mol. The van der Waals surface area contributed by atoms with Gasteiger partial charge in [0.2, 0.25) is 13.3 Å². The molecule has 0 saturated heterocycles. The fourth-order valence-corrected chi connectivity index (χ4v) is 2.79. The van der Waals surface area contributed by atoms with Crippen molar-refractivity contribution < 1.29 is 4.79 Å². The Kier molecular flexibility index (Phi) is 9.70. The molecule has 0 bridgehead atoms. The Morgan fingerprint density at radius 2 is 1.73 bits per heavy atom. The van der Waals surface area contributed by atoms with E-state index >= 15 is 0 Å². The average Bonchev–Trinajstić information content (AvgIpc) is 2.62. The molecule has 7 heteroatoms. The van der Waals surface area contributed by atoms with Gasteiger partial charge in [-0.3, -0.25) is 9.79 Å². The number of rotatable bonds is 7. The second-order valence-electron chi connectivity index (χ2n) is 6.19. The van der Waals surface area contributed by atoms with Gasteiger partial charge in [0.25, 0.3) is 0 Å². The molecule has 0 heterocycles. The van der Waals surface area contributed by atoms with E-state index in [1.807, 2.05) is 7.41 Å². The van der Waals surface area contributed by atoms with Gasteiger partial charge >= 0.3 is 0 Å². The molecule has 0 aromatic carbocycles. The molecule has 1 radical (unpaired) electrons. The number of guanidine groups is 1. The molecule has 0 unspecified atom stereocenters. The van der Waals surface area contributed by atoms with Crippen LogP contribution in [-0.2, 0) is 4.79 Å². The molecule has 1 fully saturated rings. The van der Waals surface area contributed by atoms with Crippen LogP contribution >= 0.6 is 0 Å². The molecule has 7 N–H and O–H groups in total. The summed E-state index contributed by atoms with van der Waals surface area (Å²) in [6.07, 6.45) is 11.4. The van der Waals surface area contributed by atoms with E-state index in [1.54, 1.807) is 0 Å². The van der Waals surface area contributed by atoms with Gasteiger partial charge in [0.15, 0.2) is 5.96 Å². The van der Waals surface area contributed by atoms with Crippen LogP contribution in [0, 0.1) is 0 Å². The highest BCUT2D eigenvalue weighted by Crippen LogP contribution is 2.24. The van der Waals surface area contributed by atoms with Crippen molar-refractivity contribution in [2.75, 3.05) is 6.54 Å². The molecular weight excluding hydrogens is 277 g/mol. The van der Waals surface area contributed by atoms with Crippen LogP contribution in [0.25, 0.3) is 0 Å². The number of hydrogen-bond donors (Lipinski definition) is 4. The van der Waals surface area contributed by atoms with Crippen LogP contribution in [0.5, 0.6) is 0 Å². The van der Waals surface area contributed by atoms with Crippen LogP contribution in [-0.4, -0.2) is 31.9 Å². The molecule has 1 aliphatic carbocycles. The molecule has 22 heavy (non-hydrogen) atoms. The quantitative estimate of drug-likeness (QED) is 0.243. The Balaban J connectivity index is 2.20. The number of carbonyl (C=O) groups is 1. The summed E-state index contributed by atoms with van der Waals surface area (Å²) in [6, 6.07) is -0.498. The zero-order valence-corrected chi connectivity index (χ0v) is 13.6. The molecule has 125 valence electrons. The number of aliphatic imine (C=N–C) groups is 1. The lowest BCUT2D eigenvalue weighted by Crippen LogP contribution is -2.43. The molecule has 1 amide bonds. The topological polar surface area (TPSA) is 120 Å². The first kappa shape index (κ1) is 18.8. The highest BCUT2D eigenvalue weighted by Gasteiger charge is 2.17. The Morgan fingerprint density at radius 3 is 2.32 bits per heavy atom. The van der Waals surface area contributed by atoms with Crippen molar-refractivity contribution in [2.45, 2.75) is 76.1 Å². The minimum absolute atomic E-state index is 0.0755. The van der Waals surface area contributed by atoms with E-state index in [9.17, 15) is 4.79 Å². The summed E-state index contributed by atoms with van der Waals surface area (Å²) < 4.78 is 0. The van der Waals surface area contributed by atoms with Gasteiger partial charge in [-0.1, -0.05) is 51.4 Å². The Labute approximate surface area is 134 Å². The van der Waals surface area contributed by atoms with E-state index in [0.29, 0.717) is 25.2 Å². The average molecular weight is 308 g/mol. The monoisotopic (exact) mass is 308 g/mol. The summed E-state index contributed by atoms with van der Waals surface area (Å²) in [6.45, 7) is 0.510. The molecule has 1 atom stereocenters. The number of nitrogens with zero attached hydrogens (tertiary/aromatic N) is 1. The minimum Gasteiger partial charge on any atom is -0.402 e.